The minimum absolute atomic E-state index is 0.537. The van der Waals surface area contributed by atoms with E-state index in [1.54, 1.807) is 18.2 Å². The lowest BCUT2D eigenvalue weighted by atomic mass is 10.1. The zero-order valence-electron chi connectivity index (χ0n) is 10.2. The first-order valence-electron chi connectivity index (χ1n) is 5.98. The van der Waals surface area contributed by atoms with E-state index in [2.05, 4.69) is 0 Å². The standard InChI is InChI=1S/C15H13Cl3O/c16-12-6-1-4-11(10-12)5-3-9-19-15-13(17)7-2-8-14(15)18/h1-2,4,6-8,10H,3,5,9H2. The molecule has 0 heterocycles. The minimum Gasteiger partial charge on any atom is -0.490 e. The molecule has 0 aromatic heterocycles. The summed E-state index contributed by atoms with van der Waals surface area (Å²) in [5.41, 5.74) is 1.20. The second-order valence-corrected chi connectivity index (χ2v) is 5.38. The number of rotatable bonds is 5. The maximum atomic E-state index is 6.02. The number of ether oxygens (including phenoxy) is 1. The number of benzene rings is 2. The molecule has 0 unspecified atom stereocenters. The number of para-hydroxylation sites is 1. The monoisotopic (exact) mass is 314 g/mol. The van der Waals surface area contributed by atoms with Gasteiger partial charge in [0.1, 0.15) is 0 Å². The third-order valence-electron chi connectivity index (χ3n) is 2.66. The summed E-state index contributed by atoms with van der Waals surface area (Å²) in [6.07, 6.45) is 1.78. The number of hydrogen-bond donors (Lipinski definition) is 0. The molecular formula is C15H13Cl3O. The first-order chi connectivity index (χ1) is 9.16. The Kier molecular flexibility index (Phi) is 5.38. The van der Waals surface area contributed by atoms with Crippen LogP contribution in [0.5, 0.6) is 5.75 Å². The summed E-state index contributed by atoms with van der Waals surface area (Å²) in [5, 5.41) is 1.83. The second kappa shape index (κ2) is 7.04. The van der Waals surface area contributed by atoms with Gasteiger partial charge in [-0.3, -0.25) is 0 Å². The normalized spacial score (nSPS) is 10.5. The molecule has 100 valence electrons. The molecule has 0 atom stereocenters. The fourth-order valence-electron chi connectivity index (χ4n) is 1.76. The van der Waals surface area contributed by atoms with Crippen LogP contribution >= 0.6 is 34.8 Å². The van der Waals surface area contributed by atoms with Crippen molar-refractivity contribution in [2.75, 3.05) is 6.61 Å². The molecule has 4 heteroatoms. The maximum absolute atomic E-state index is 6.02. The predicted octanol–water partition coefficient (Wildman–Crippen LogP) is 5.66. The number of hydrogen-bond acceptors (Lipinski definition) is 1. The molecule has 0 bridgehead atoms. The van der Waals surface area contributed by atoms with E-state index in [-0.39, 0.29) is 0 Å². The molecule has 0 radical (unpaired) electrons. The van der Waals surface area contributed by atoms with Crippen molar-refractivity contribution >= 4 is 34.8 Å². The van der Waals surface area contributed by atoms with Gasteiger partial charge in [0, 0.05) is 5.02 Å². The zero-order valence-corrected chi connectivity index (χ0v) is 12.5. The van der Waals surface area contributed by atoms with Crippen LogP contribution in [0.15, 0.2) is 42.5 Å². The highest BCUT2D eigenvalue weighted by Gasteiger charge is 2.06. The Hall–Kier alpha value is -0.890. The van der Waals surface area contributed by atoms with Gasteiger partial charge in [-0.05, 0) is 42.7 Å². The van der Waals surface area contributed by atoms with Crippen molar-refractivity contribution in [3.63, 3.8) is 0 Å². The van der Waals surface area contributed by atoms with E-state index < -0.39 is 0 Å². The lowest BCUT2D eigenvalue weighted by Crippen LogP contribution is -2.00. The Labute approximate surface area is 128 Å². The van der Waals surface area contributed by atoms with Gasteiger partial charge in [-0.1, -0.05) is 53.0 Å². The van der Waals surface area contributed by atoms with Gasteiger partial charge >= 0.3 is 0 Å². The summed E-state index contributed by atoms with van der Waals surface area (Å²) in [7, 11) is 0. The largest absolute Gasteiger partial charge is 0.490 e. The van der Waals surface area contributed by atoms with Crippen LogP contribution in [0.3, 0.4) is 0 Å². The highest BCUT2D eigenvalue weighted by atomic mass is 35.5. The van der Waals surface area contributed by atoms with Gasteiger partial charge in [0.15, 0.2) is 5.75 Å². The molecule has 2 rings (SSSR count). The van der Waals surface area contributed by atoms with Gasteiger partial charge in [0.2, 0.25) is 0 Å². The van der Waals surface area contributed by atoms with Crippen molar-refractivity contribution in [1.29, 1.82) is 0 Å². The Morgan fingerprint density at radius 1 is 0.895 bits per heavy atom. The highest BCUT2D eigenvalue weighted by molar-refractivity contribution is 6.37. The molecule has 0 aliphatic carbocycles. The quantitative estimate of drug-likeness (QED) is 0.647. The fraction of sp³-hybridized carbons (Fsp3) is 0.200. The molecule has 0 fully saturated rings. The van der Waals surface area contributed by atoms with Gasteiger partial charge in [-0.15, -0.1) is 0 Å². The van der Waals surface area contributed by atoms with Crippen molar-refractivity contribution in [3.05, 3.63) is 63.1 Å². The van der Waals surface area contributed by atoms with Gasteiger partial charge < -0.3 is 4.74 Å². The summed E-state index contributed by atoms with van der Waals surface area (Å²) < 4.78 is 5.62. The molecule has 0 saturated heterocycles. The SMILES string of the molecule is Clc1cccc(CCCOc2c(Cl)cccc2Cl)c1. The summed E-state index contributed by atoms with van der Waals surface area (Å²) in [4.78, 5) is 0. The van der Waals surface area contributed by atoms with E-state index in [4.69, 9.17) is 39.5 Å². The lowest BCUT2D eigenvalue weighted by Gasteiger charge is -2.09. The van der Waals surface area contributed by atoms with Crippen LogP contribution in [0, 0.1) is 0 Å². The average molecular weight is 316 g/mol. The molecule has 2 aromatic rings. The van der Waals surface area contributed by atoms with Gasteiger partial charge in [-0.2, -0.15) is 0 Å². The Morgan fingerprint density at radius 3 is 2.26 bits per heavy atom. The number of halogens is 3. The van der Waals surface area contributed by atoms with Crippen molar-refractivity contribution in [2.45, 2.75) is 12.8 Å². The topological polar surface area (TPSA) is 9.23 Å². The van der Waals surface area contributed by atoms with Gasteiger partial charge in [-0.25, -0.2) is 0 Å². The van der Waals surface area contributed by atoms with Gasteiger partial charge in [0.25, 0.3) is 0 Å². The molecule has 0 amide bonds. The summed E-state index contributed by atoms with van der Waals surface area (Å²) >= 11 is 18.0. The first kappa shape index (κ1) is 14.5. The van der Waals surface area contributed by atoms with Crippen LogP contribution in [0.25, 0.3) is 0 Å². The molecule has 0 aliphatic heterocycles. The van der Waals surface area contributed by atoms with E-state index in [0.717, 1.165) is 17.9 Å². The summed E-state index contributed by atoms with van der Waals surface area (Å²) in [5.74, 6) is 0.553. The molecule has 2 aromatic carbocycles. The molecule has 19 heavy (non-hydrogen) atoms. The third-order valence-corrected chi connectivity index (χ3v) is 3.49. The zero-order chi connectivity index (χ0) is 13.7. The molecule has 1 nitrogen and oxygen atoms in total. The van der Waals surface area contributed by atoms with E-state index >= 15 is 0 Å². The van der Waals surface area contributed by atoms with Crippen molar-refractivity contribution in [3.8, 4) is 5.75 Å². The van der Waals surface area contributed by atoms with Crippen LogP contribution in [0.4, 0.5) is 0 Å². The molecule has 0 saturated carbocycles. The Balaban J connectivity index is 1.84. The minimum atomic E-state index is 0.537. The Bertz CT molecular complexity index is 535. The van der Waals surface area contributed by atoms with Crippen LogP contribution in [-0.4, -0.2) is 6.61 Å². The number of aryl methyl sites for hydroxylation is 1. The summed E-state index contributed by atoms with van der Waals surface area (Å²) in [6.45, 7) is 0.565. The fourth-order valence-corrected chi connectivity index (χ4v) is 2.48. The molecule has 0 spiro atoms. The van der Waals surface area contributed by atoms with Crippen LogP contribution in [-0.2, 0) is 6.42 Å². The van der Waals surface area contributed by atoms with Crippen molar-refractivity contribution in [2.24, 2.45) is 0 Å². The van der Waals surface area contributed by atoms with E-state index in [0.29, 0.717) is 22.4 Å². The highest BCUT2D eigenvalue weighted by Crippen LogP contribution is 2.32. The average Bonchev–Trinajstić information content (AvgIpc) is 2.37. The van der Waals surface area contributed by atoms with Crippen LogP contribution < -0.4 is 4.74 Å². The van der Waals surface area contributed by atoms with E-state index in [1.165, 1.54) is 5.56 Å². The predicted molar refractivity (Wildman–Crippen MR) is 81.7 cm³/mol. The third kappa shape index (κ3) is 4.31. The maximum Gasteiger partial charge on any atom is 0.156 e. The van der Waals surface area contributed by atoms with Crippen molar-refractivity contribution < 1.29 is 4.74 Å². The van der Waals surface area contributed by atoms with Crippen LogP contribution in [0.2, 0.25) is 15.1 Å². The molecule has 0 aliphatic rings. The lowest BCUT2D eigenvalue weighted by molar-refractivity contribution is 0.311. The van der Waals surface area contributed by atoms with Gasteiger partial charge in [0.05, 0.1) is 16.7 Å². The second-order valence-electron chi connectivity index (χ2n) is 4.13. The first-order valence-corrected chi connectivity index (χ1v) is 7.11. The van der Waals surface area contributed by atoms with E-state index in [9.17, 15) is 0 Å². The summed E-state index contributed by atoms with van der Waals surface area (Å²) in [6, 6.07) is 13.1. The Morgan fingerprint density at radius 2 is 1.58 bits per heavy atom. The van der Waals surface area contributed by atoms with Crippen LogP contribution in [0.1, 0.15) is 12.0 Å². The molecule has 0 N–H and O–H groups in total. The van der Waals surface area contributed by atoms with E-state index in [1.807, 2.05) is 24.3 Å². The van der Waals surface area contributed by atoms with Crippen molar-refractivity contribution in [1.82, 2.24) is 0 Å². The smallest absolute Gasteiger partial charge is 0.156 e. The molecular weight excluding hydrogens is 303 g/mol.